The molecule has 2 aliphatic heterocycles. The second kappa shape index (κ2) is 8.73. The lowest BCUT2D eigenvalue weighted by Gasteiger charge is -2.46. The van der Waals surface area contributed by atoms with E-state index in [0.29, 0.717) is 35.9 Å². The summed E-state index contributed by atoms with van der Waals surface area (Å²) in [6, 6.07) is 6.96. The van der Waals surface area contributed by atoms with Crippen LogP contribution >= 0.6 is 11.6 Å². The highest BCUT2D eigenvalue weighted by atomic mass is 35.5. The number of rotatable bonds is 5. The number of aryl methyl sites for hydroxylation is 1. The van der Waals surface area contributed by atoms with Gasteiger partial charge in [0, 0.05) is 24.2 Å². The minimum absolute atomic E-state index is 0.0576. The third-order valence-corrected chi connectivity index (χ3v) is 8.48. The zero-order valence-corrected chi connectivity index (χ0v) is 18.6. The Morgan fingerprint density at radius 3 is 2.53 bits per heavy atom. The van der Waals surface area contributed by atoms with Crippen molar-refractivity contribution in [2.45, 2.75) is 49.6 Å². The maximum absolute atomic E-state index is 13.1. The van der Waals surface area contributed by atoms with Crippen LogP contribution in [0.4, 0.5) is 4.79 Å². The fourth-order valence-electron chi connectivity index (χ4n) is 4.52. The molecule has 3 aliphatic rings. The van der Waals surface area contributed by atoms with Crippen LogP contribution in [0.25, 0.3) is 0 Å². The summed E-state index contributed by atoms with van der Waals surface area (Å²) in [7, 11) is -3.54. The van der Waals surface area contributed by atoms with Gasteiger partial charge < -0.3 is 4.74 Å². The highest BCUT2D eigenvalue weighted by molar-refractivity contribution is 7.89. The molecule has 2 atom stereocenters. The van der Waals surface area contributed by atoms with E-state index in [0.717, 1.165) is 18.4 Å². The summed E-state index contributed by atoms with van der Waals surface area (Å²) in [5.74, 6) is -0.0576. The molecule has 1 amide bonds. The smallest absolute Gasteiger partial charge is 0.410 e. The van der Waals surface area contributed by atoms with Crippen molar-refractivity contribution in [3.8, 4) is 0 Å². The van der Waals surface area contributed by atoms with Gasteiger partial charge in [-0.3, -0.25) is 4.90 Å². The van der Waals surface area contributed by atoms with E-state index >= 15 is 0 Å². The van der Waals surface area contributed by atoms with Gasteiger partial charge in [0.15, 0.2) is 0 Å². The van der Waals surface area contributed by atoms with Crippen LogP contribution in [-0.4, -0.2) is 55.5 Å². The molecule has 0 radical (unpaired) electrons. The van der Waals surface area contributed by atoms with E-state index in [9.17, 15) is 13.2 Å². The van der Waals surface area contributed by atoms with Gasteiger partial charge >= 0.3 is 6.09 Å². The van der Waals surface area contributed by atoms with Crippen LogP contribution in [0.15, 0.2) is 52.4 Å². The average molecular weight is 451 g/mol. The van der Waals surface area contributed by atoms with Gasteiger partial charge in [0.2, 0.25) is 10.0 Å². The van der Waals surface area contributed by atoms with Crippen LogP contribution in [0, 0.1) is 5.92 Å². The first-order chi connectivity index (χ1) is 14.4. The summed E-state index contributed by atoms with van der Waals surface area (Å²) < 4.78 is 33.0. The van der Waals surface area contributed by atoms with Gasteiger partial charge in [0.1, 0.15) is 6.61 Å². The third-order valence-electron chi connectivity index (χ3n) is 6.17. The molecular formula is C22H27ClN2O4S. The van der Waals surface area contributed by atoms with Gasteiger partial charge in [-0.15, -0.1) is 0 Å². The van der Waals surface area contributed by atoms with E-state index in [1.807, 2.05) is 30.4 Å². The topological polar surface area (TPSA) is 66.9 Å². The Morgan fingerprint density at radius 2 is 1.87 bits per heavy atom. The zero-order chi connectivity index (χ0) is 21.3. The molecule has 1 aromatic rings. The summed E-state index contributed by atoms with van der Waals surface area (Å²) in [4.78, 5) is 14.6. The maximum atomic E-state index is 13.1. The molecule has 0 bridgehead atoms. The van der Waals surface area contributed by atoms with Crippen LogP contribution in [0.1, 0.15) is 31.7 Å². The highest BCUT2D eigenvalue weighted by Crippen LogP contribution is 2.35. The number of hydrogen-bond donors (Lipinski definition) is 0. The zero-order valence-electron chi connectivity index (χ0n) is 17.0. The van der Waals surface area contributed by atoms with Crippen molar-refractivity contribution in [2.24, 2.45) is 5.92 Å². The molecule has 162 valence electrons. The number of hydrogen-bond acceptors (Lipinski definition) is 4. The summed E-state index contributed by atoms with van der Waals surface area (Å²) in [5.41, 5.74) is 1.14. The molecule has 6 nitrogen and oxygen atoms in total. The van der Waals surface area contributed by atoms with Crippen molar-refractivity contribution in [3.63, 3.8) is 0 Å². The first-order valence-electron chi connectivity index (χ1n) is 10.5. The minimum Gasteiger partial charge on any atom is -0.449 e. The molecule has 2 unspecified atom stereocenters. The van der Waals surface area contributed by atoms with Crippen LogP contribution in [0.3, 0.4) is 0 Å². The van der Waals surface area contributed by atoms with Crippen molar-refractivity contribution in [2.75, 3.05) is 19.7 Å². The van der Waals surface area contributed by atoms with E-state index < -0.39 is 10.0 Å². The molecule has 0 N–H and O–H groups in total. The lowest BCUT2D eigenvalue weighted by atomic mass is 9.90. The molecule has 30 heavy (non-hydrogen) atoms. The largest absolute Gasteiger partial charge is 0.449 e. The Balaban J connectivity index is 1.44. The van der Waals surface area contributed by atoms with Gasteiger partial charge in [0.05, 0.1) is 16.9 Å². The normalized spacial score (nSPS) is 25.6. The number of fused-ring (bicyclic) bond motifs is 1. The molecule has 0 spiro atoms. The van der Waals surface area contributed by atoms with E-state index in [-0.39, 0.29) is 30.7 Å². The first kappa shape index (κ1) is 21.4. The van der Waals surface area contributed by atoms with Gasteiger partial charge in [-0.1, -0.05) is 49.2 Å². The summed E-state index contributed by atoms with van der Waals surface area (Å²) in [5, 5.41) is 0.687. The third kappa shape index (κ3) is 4.03. The Labute approximate surface area is 183 Å². The van der Waals surface area contributed by atoms with E-state index in [2.05, 4.69) is 6.92 Å². The minimum atomic E-state index is -3.54. The molecule has 4 rings (SSSR count). The lowest BCUT2D eigenvalue weighted by Crippen LogP contribution is -2.57. The Bertz CT molecular complexity index is 950. The molecule has 8 heteroatoms. The fourth-order valence-corrected chi connectivity index (χ4v) is 6.26. The monoisotopic (exact) mass is 450 g/mol. The number of carbonyl (C=O) groups is 1. The number of ether oxygens (including phenoxy) is 1. The van der Waals surface area contributed by atoms with Gasteiger partial charge in [0.25, 0.3) is 0 Å². The number of halogens is 1. The first-order valence-corrected chi connectivity index (χ1v) is 12.3. The molecule has 0 saturated carbocycles. The standard InChI is InChI=1S/C22H27ClN2O4S/c1-2-4-16-7-9-18(10-8-16)30(27,28)24-13-11-17(12-14-24)25-21-6-3-5-20(23)19(21)15-29-22(25)26/h3,5-10,17,19,21H,2,4,11-15H2,1H3. The van der Waals surface area contributed by atoms with Crippen molar-refractivity contribution >= 4 is 27.7 Å². The second-order valence-corrected chi connectivity index (χ2v) is 10.4. The summed E-state index contributed by atoms with van der Waals surface area (Å²) in [6.07, 6.45) is 8.45. The maximum Gasteiger partial charge on any atom is 0.410 e. The predicted octanol–water partition coefficient (Wildman–Crippen LogP) is 3.92. The van der Waals surface area contributed by atoms with Gasteiger partial charge in [-0.2, -0.15) is 4.31 Å². The number of benzene rings is 1. The number of nitrogens with zero attached hydrogens (tertiary/aromatic N) is 2. The molecule has 2 heterocycles. The Hall–Kier alpha value is -1.83. The SMILES string of the molecule is CCCc1ccc(S(=O)(=O)N2CCC(N3C(=O)OCC4C(Cl)=CC=CC43)CC2)cc1. The van der Waals surface area contributed by atoms with Crippen LogP contribution in [0.2, 0.25) is 0 Å². The van der Waals surface area contributed by atoms with Crippen LogP contribution in [0.5, 0.6) is 0 Å². The van der Waals surface area contributed by atoms with Crippen molar-refractivity contribution in [1.29, 1.82) is 0 Å². The second-order valence-electron chi connectivity index (χ2n) is 8.05. The van der Waals surface area contributed by atoms with Gasteiger partial charge in [-0.25, -0.2) is 13.2 Å². The number of amides is 1. The molecular weight excluding hydrogens is 424 g/mol. The number of piperidine rings is 1. The van der Waals surface area contributed by atoms with E-state index in [1.165, 1.54) is 4.31 Å². The fraction of sp³-hybridized carbons (Fsp3) is 0.500. The number of carbonyl (C=O) groups excluding carboxylic acids is 1. The quantitative estimate of drug-likeness (QED) is 0.681. The van der Waals surface area contributed by atoms with Crippen LogP contribution < -0.4 is 0 Å². The summed E-state index contributed by atoms with van der Waals surface area (Å²) >= 11 is 6.33. The molecule has 2 fully saturated rings. The number of allylic oxidation sites excluding steroid dienone is 2. The van der Waals surface area contributed by atoms with Crippen molar-refractivity contribution < 1.29 is 17.9 Å². The number of cyclic esters (lactones) is 1. The van der Waals surface area contributed by atoms with Gasteiger partial charge in [-0.05, 0) is 43.0 Å². The molecule has 1 aliphatic carbocycles. The average Bonchev–Trinajstić information content (AvgIpc) is 2.75. The Morgan fingerprint density at radius 1 is 1.17 bits per heavy atom. The molecule has 0 aromatic heterocycles. The predicted molar refractivity (Wildman–Crippen MR) is 116 cm³/mol. The van der Waals surface area contributed by atoms with Crippen LogP contribution in [-0.2, 0) is 21.2 Å². The van der Waals surface area contributed by atoms with E-state index in [4.69, 9.17) is 16.3 Å². The summed E-state index contributed by atoms with van der Waals surface area (Å²) in [6.45, 7) is 3.12. The highest BCUT2D eigenvalue weighted by Gasteiger charge is 2.43. The number of sulfonamides is 1. The van der Waals surface area contributed by atoms with Crippen molar-refractivity contribution in [3.05, 3.63) is 53.1 Å². The van der Waals surface area contributed by atoms with E-state index in [1.54, 1.807) is 17.0 Å². The van der Waals surface area contributed by atoms with Crippen molar-refractivity contribution in [1.82, 2.24) is 9.21 Å². The molecule has 1 aromatic carbocycles. The lowest BCUT2D eigenvalue weighted by molar-refractivity contribution is 0.00514. The molecule has 2 saturated heterocycles. The Kier molecular flexibility index (Phi) is 6.23.